The van der Waals surface area contributed by atoms with Gasteiger partial charge in [-0.15, -0.1) is 0 Å². The zero-order valence-corrected chi connectivity index (χ0v) is 18.2. The molecule has 0 radical (unpaired) electrons. The van der Waals surface area contributed by atoms with Gasteiger partial charge in [0.15, 0.2) is 0 Å². The Kier molecular flexibility index (Phi) is 9.35. The summed E-state index contributed by atoms with van der Waals surface area (Å²) < 4.78 is 6.08. The van der Waals surface area contributed by atoms with Crippen LogP contribution in [0.25, 0.3) is 0 Å². The van der Waals surface area contributed by atoms with E-state index in [1.54, 1.807) is 0 Å². The molecule has 0 atom stereocenters. The van der Waals surface area contributed by atoms with E-state index in [0.29, 0.717) is 0 Å². The van der Waals surface area contributed by atoms with Crippen LogP contribution < -0.4 is 0 Å². The lowest BCUT2D eigenvalue weighted by Gasteiger charge is -2.38. The van der Waals surface area contributed by atoms with Crippen molar-refractivity contribution in [3.05, 3.63) is 0 Å². The molecule has 2 rings (SSSR count). The van der Waals surface area contributed by atoms with Gasteiger partial charge in [0.2, 0.25) is 0 Å². The maximum atomic E-state index is 3.04. The van der Waals surface area contributed by atoms with Crippen LogP contribution in [0.1, 0.15) is 90.9 Å². The number of rotatable bonds is 9. The SMILES string of the molecule is CCCN([SiH2][SiH2]N(CCC)C1CCCCC1)C1CCCCC1. The predicted octanol–water partition coefficient (Wildman–Crippen LogP) is 3.16. The van der Waals surface area contributed by atoms with E-state index in [9.17, 15) is 0 Å². The molecule has 0 aromatic heterocycles. The Labute approximate surface area is 144 Å². The van der Waals surface area contributed by atoms with Crippen LogP contribution in [0, 0.1) is 0 Å². The Bertz CT molecular complexity index is 248. The van der Waals surface area contributed by atoms with Crippen LogP contribution in [0.4, 0.5) is 0 Å². The van der Waals surface area contributed by atoms with Crippen LogP contribution in [0.2, 0.25) is 0 Å². The molecular formula is C18H40N2Si2. The number of hydrogen-bond donors (Lipinski definition) is 0. The van der Waals surface area contributed by atoms with E-state index in [-0.39, 0.29) is 18.4 Å². The van der Waals surface area contributed by atoms with Crippen molar-refractivity contribution in [1.29, 1.82) is 0 Å². The van der Waals surface area contributed by atoms with Crippen molar-refractivity contribution in [2.75, 3.05) is 13.1 Å². The van der Waals surface area contributed by atoms with E-state index >= 15 is 0 Å². The van der Waals surface area contributed by atoms with Crippen molar-refractivity contribution in [2.45, 2.75) is 103 Å². The van der Waals surface area contributed by atoms with Crippen LogP contribution in [0.3, 0.4) is 0 Å². The minimum Gasteiger partial charge on any atom is -0.328 e. The fourth-order valence-electron chi connectivity index (χ4n) is 4.68. The molecule has 2 saturated carbocycles. The molecular weight excluding hydrogens is 300 g/mol. The quantitative estimate of drug-likeness (QED) is 0.595. The summed E-state index contributed by atoms with van der Waals surface area (Å²) in [6, 6.07) is 1.98. The van der Waals surface area contributed by atoms with Gasteiger partial charge in [-0.1, -0.05) is 52.4 Å². The molecule has 2 nitrogen and oxygen atoms in total. The Balaban J connectivity index is 1.83. The first-order chi connectivity index (χ1) is 10.8. The largest absolute Gasteiger partial charge is 0.328 e. The smallest absolute Gasteiger partial charge is 0.0972 e. The predicted molar refractivity (Wildman–Crippen MR) is 105 cm³/mol. The zero-order chi connectivity index (χ0) is 15.6. The van der Waals surface area contributed by atoms with Crippen LogP contribution >= 0.6 is 0 Å². The first-order valence-electron chi connectivity index (χ1n) is 10.3. The lowest BCUT2D eigenvalue weighted by molar-refractivity contribution is 0.250. The second-order valence-electron chi connectivity index (χ2n) is 7.66. The molecule has 0 aliphatic heterocycles. The van der Waals surface area contributed by atoms with Crippen molar-refractivity contribution in [1.82, 2.24) is 9.13 Å². The Morgan fingerprint density at radius 1 is 0.636 bits per heavy atom. The summed E-state index contributed by atoms with van der Waals surface area (Å²) in [5, 5.41) is 0. The van der Waals surface area contributed by atoms with Crippen LogP contribution in [0.15, 0.2) is 0 Å². The number of nitrogens with zero attached hydrogens (tertiary/aromatic N) is 2. The van der Waals surface area contributed by atoms with Gasteiger partial charge < -0.3 is 9.13 Å². The third kappa shape index (κ3) is 6.10. The summed E-state index contributed by atoms with van der Waals surface area (Å²) in [6.07, 6.45) is 17.8. The first kappa shape index (κ1) is 18.7. The van der Waals surface area contributed by atoms with E-state index in [1.165, 1.54) is 90.1 Å². The van der Waals surface area contributed by atoms with Gasteiger partial charge in [-0.2, -0.15) is 0 Å². The molecule has 0 amide bonds. The fourth-order valence-corrected chi connectivity index (χ4v) is 12.8. The van der Waals surface area contributed by atoms with E-state index in [2.05, 4.69) is 23.0 Å². The van der Waals surface area contributed by atoms with E-state index < -0.39 is 0 Å². The molecule has 2 fully saturated rings. The van der Waals surface area contributed by atoms with Crippen molar-refractivity contribution in [3.63, 3.8) is 0 Å². The van der Waals surface area contributed by atoms with Gasteiger partial charge in [-0.25, -0.2) is 0 Å². The third-order valence-corrected chi connectivity index (χ3v) is 12.9. The van der Waals surface area contributed by atoms with Crippen LogP contribution in [0.5, 0.6) is 0 Å². The van der Waals surface area contributed by atoms with Crippen LogP contribution in [-0.4, -0.2) is 52.7 Å². The monoisotopic (exact) mass is 340 g/mol. The summed E-state index contributed by atoms with van der Waals surface area (Å²) in [7, 11) is 0.110. The molecule has 0 spiro atoms. The van der Waals surface area contributed by atoms with Gasteiger partial charge in [-0.05, 0) is 51.6 Å². The van der Waals surface area contributed by atoms with Gasteiger partial charge >= 0.3 is 0 Å². The molecule has 2 aliphatic carbocycles. The summed E-state index contributed by atoms with van der Waals surface area (Å²) in [5.74, 6) is 0. The first-order valence-corrected chi connectivity index (χ1v) is 15.6. The van der Waals surface area contributed by atoms with Crippen molar-refractivity contribution in [2.24, 2.45) is 0 Å². The van der Waals surface area contributed by atoms with Crippen molar-refractivity contribution < 1.29 is 0 Å². The average molecular weight is 341 g/mol. The fraction of sp³-hybridized carbons (Fsp3) is 1.00. The third-order valence-electron chi connectivity index (χ3n) is 5.88. The summed E-state index contributed by atoms with van der Waals surface area (Å²) in [6.45, 7) is 7.59. The summed E-state index contributed by atoms with van der Waals surface area (Å²) >= 11 is 0. The molecule has 22 heavy (non-hydrogen) atoms. The van der Waals surface area contributed by atoms with Gasteiger partial charge in [0.1, 0.15) is 0 Å². The molecule has 130 valence electrons. The van der Waals surface area contributed by atoms with Crippen molar-refractivity contribution in [3.8, 4) is 0 Å². The molecule has 0 bridgehead atoms. The van der Waals surface area contributed by atoms with E-state index in [0.717, 1.165) is 12.1 Å². The number of hydrogen-bond acceptors (Lipinski definition) is 2. The average Bonchev–Trinajstić information content (AvgIpc) is 2.59. The highest BCUT2D eigenvalue weighted by atomic mass is 29.2. The molecule has 0 aromatic carbocycles. The second-order valence-corrected chi connectivity index (χ2v) is 12.9. The summed E-state index contributed by atoms with van der Waals surface area (Å²) in [4.78, 5) is 0. The van der Waals surface area contributed by atoms with Gasteiger partial charge in [0, 0.05) is 12.1 Å². The zero-order valence-electron chi connectivity index (χ0n) is 15.4. The molecule has 0 aromatic rings. The van der Waals surface area contributed by atoms with Crippen molar-refractivity contribution >= 4 is 18.4 Å². The second kappa shape index (κ2) is 11.0. The Hall–Kier alpha value is 0.354. The van der Waals surface area contributed by atoms with Gasteiger partial charge in [-0.3, -0.25) is 0 Å². The van der Waals surface area contributed by atoms with E-state index in [1.807, 2.05) is 0 Å². The van der Waals surface area contributed by atoms with E-state index in [4.69, 9.17) is 0 Å². The van der Waals surface area contributed by atoms with Crippen LogP contribution in [-0.2, 0) is 0 Å². The highest BCUT2D eigenvalue weighted by Gasteiger charge is 2.24. The molecule has 0 heterocycles. The maximum absolute atomic E-state index is 3.04. The normalized spacial score (nSPS) is 22.9. The molecule has 0 N–H and O–H groups in total. The minimum atomic E-state index is 0.0549. The lowest BCUT2D eigenvalue weighted by Crippen LogP contribution is -2.50. The van der Waals surface area contributed by atoms with Gasteiger partial charge in [0.05, 0.1) is 18.4 Å². The maximum Gasteiger partial charge on any atom is 0.0972 e. The lowest BCUT2D eigenvalue weighted by atomic mass is 9.95. The topological polar surface area (TPSA) is 6.48 Å². The Morgan fingerprint density at radius 2 is 1.00 bits per heavy atom. The summed E-state index contributed by atoms with van der Waals surface area (Å²) in [5.41, 5.74) is 0. The van der Waals surface area contributed by atoms with Gasteiger partial charge in [0.25, 0.3) is 0 Å². The highest BCUT2D eigenvalue weighted by Crippen LogP contribution is 2.24. The molecule has 4 heteroatoms. The highest BCUT2D eigenvalue weighted by molar-refractivity contribution is 6.97. The molecule has 2 aliphatic rings. The molecule has 0 saturated heterocycles. The minimum absolute atomic E-state index is 0.0549. The Morgan fingerprint density at radius 3 is 1.32 bits per heavy atom. The molecule has 0 unspecified atom stereocenters. The standard InChI is InChI=1S/C18H40N2Si2/c1-3-15-19(17-11-7-5-8-12-17)21-22-20(16-4-2)18-13-9-6-10-14-18/h17-18H,3-16,21-22H2,1-2H3.